The van der Waals surface area contributed by atoms with Gasteiger partial charge in [0, 0.05) is 0 Å². The Morgan fingerprint density at radius 2 is 1.72 bits per heavy atom. The fraction of sp³-hybridized carbons (Fsp3) is 0.250. The van der Waals surface area contributed by atoms with E-state index in [1.807, 2.05) is 0 Å². The van der Waals surface area contributed by atoms with E-state index in [0.717, 1.165) is 0 Å². The number of primary amides is 1. The van der Waals surface area contributed by atoms with Crippen LogP contribution in [0.25, 0.3) is 0 Å². The molecule has 2 N–H and O–H groups in total. The largest absolute Gasteiger partial charge is 0.484 e. The van der Waals surface area contributed by atoms with Crippen molar-refractivity contribution in [2.75, 3.05) is 13.2 Å². The summed E-state index contributed by atoms with van der Waals surface area (Å²) in [5, 5.41) is 0. The molecule has 0 heterocycles. The van der Waals surface area contributed by atoms with E-state index in [9.17, 15) is 14.4 Å². The van der Waals surface area contributed by atoms with Gasteiger partial charge in [-0.2, -0.15) is 0 Å². The van der Waals surface area contributed by atoms with Crippen LogP contribution in [0.5, 0.6) is 5.75 Å². The molecule has 1 aromatic carbocycles. The average molecular weight is 251 g/mol. The zero-order valence-corrected chi connectivity index (χ0v) is 9.84. The maximum atomic E-state index is 11.4. The number of amides is 1. The van der Waals surface area contributed by atoms with Gasteiger partial charge in [0.25, 0.3) is 5.91 Å². The van der Waals surface area contributed by atoms with Crippen LogP contribution in [0.3, 0.4) is 0 Å². The molecule has 0 unspecified atom stereocenters. The molecule has 6 heteroatoms. The van der Waals surface area contributed by atoms with E-state index in [4.69, 9.17) is 15.2 Å². The number of hydrogen-bond acceptors (Lipinski definition) is 5. The summed E-state index contributed by atoms with van der Waals surface area (Å²) < 4.78 is 9.74. The zero-order chi connectivity index (χ0) is 13.5. The van der Waals surface area contributed by atoms with Crippen LogP contribution < -0.4 is 10.5 Å². The predicted molar refractivity (Wildman–Crippen MR) is 62.1 cm³/mol. The molecule has 6 nitrogen and oxygen atoms in total. The van der Waals surface area contributed by atoms with Crippen molar-refractivity contribution in [2.45, 2.75) is 6.92 Å². The van der Waals surface area contributed by atoms with Gasteiger partial charge in [-0.15, -0.1) is 0 Å². The van der Waals surface area contributed by atoms with Gasteiger partial charge in [0.1, 0.15) is 12.4 Å². The normalized spacial score (nSPS) is 9.61. The van der Waals surface area contributed by atoms with Crippen LogP contribution in [0.2, 0.25) is 0 Å². The number of ether oxygens (including phenoxy) is 2. The van der Waals surface area contributed by atoms with Crippen LogP contribution in [-0.2, 0) is 14.3 Å². The highest BCUT2D eigenvalue weighted by atomic mass is 16.5. The number of carbonyl (C=O) groups is 3. The molecule has 0 atom stereocenters. The first-order valence-corrected chi connectivity index (χ1v) is 5.17. The van der Waals surface area contributed by atoms with Gasteiger partial charge in [0.15, 0.2) is 12.4 Å². The summed E-state index contributed by atoms with van der Waals surface area (Å²) in [7, 11) is 0. The van der Waals surface area contributed by atoms with Crippen molar-refractivity contribution < 1.29 is 23.9 Å². The monoisotopic (exact) mass is 251 g/mol. The van der Waals surface area contributed by atoms with E-state index in [-0.39, 0.29) is 19.0 Å². The third-order valence-electron chi connectivity index (χ3n) is 1.88. The Labute approximate surface area is 104 Å². The van der Waals surface area contributed by atoms with Gasteiger partial charge in [-0.05, 0) is 31.2 Å². The molecule has 0 aliphatic carbocycles. The van der Waals surface area contributed by atoms with E-state index >= 15 is 0 Å². The molecular weight excluding hydrogens is 238 g/mol. The second-order valence-corrected chi connectivity index (χ2v) is 3.56. The summed E-state index contributed by atoms with van der Waals surface area (Å²) in [6.45, 7) is 0.848. The number of rotatable bonds is 6. The second-order valence-electron chi connectivity index (χ2n) is 3.56. The summed E-state index contributed by atoms with van der Waals surface area (Å²) in [5.41, 5.74) is 5.21. The van der Waals surface area contributed by atoms with Gasteiger partial charge in [-0.1, -0.05) is 0 Å². The molecule has 0 fully saturated rings. The smallest absolute Gasteiger partial charge is 0.338 e. The molecule has 0 radical (unpaired) electrons. The molecule has 18 heavy (non-hydrogen) atoms. The highest BCUT2D eigenvalue weighted by Crippen LogP contribution is 2.12. The van der Waals surface area contributed by atoms with Crippen molar-refractivity contribution in [1.82, 2.24) is 0 Å². The van der Waals surface area contributed by atoms with E-state index in [2.05, 4.69) is 0 Å². The maximum absolute atomic E-state index is 11.4. The van der Waals surface area contributed by atoms with Crippen molar-refractivity contribution in [3.8, 4) is 5.75 Å². The van der Waals surface area contributed by atoms with Crippen molar-refractivity contribution in [1.29, 1.82) is 0 Å². The van der Waals surface area contributed by atoms with Crippen LogP contribution in [0, 0.1) is 0 Å². The predicted octanol–water partition coefficient (Wildman–Crippen LogP) is 0.296. The van der Waals surface area contributed by atoms with E-state index in [0.29, 0.717) is 11.3 Å². The number of Topliss-reactive ketones (excluding diaryl/α,β-unsaturated/α-hetero) is 1. The SMILES string of the molecule is CC(=O)COC(=O)c1ccc(OCC(N)=O)cc1. The number of hydrogen-bond donors (Lipinski definition) is 1. The van der Waals surface area contributed by atoms with E-state index in [1.165, 1.54) is 31.2 Å². The fourth-order valence-electron chi connectivity index (χ4n) is 1.09. The van der Waals surface area contributed by atoms with Crippen LogP contribution in [0.15, 0.2) is 24.3 Å². The summed E-state index contributed by atoms with van der Waals surface area (Å²) in [6.07, 6.45) is 0. The standard InChI is InChI=1S/C12H13NO5/c1-8(14)6-18-12(16)9-2-4-10(5-3-9)17-7-11(13)15/h2-5H,6-7H2,1H3,(H2,13,15). The summed E-state index contributed by atoms with van der Waals surface area (Å²) >= 11 is 0. The second kappa shape index (κ2) is 6.39. The van der Waals surface area contributed by atoms with Crippen LogP contribution in [0.4, 0.5) is 0 Å². The Bertz CT molecular complexity index is 452. The lowest BCUT2D eigenvalue weighted by atomic mass is 10.2. The summed E-state index contributed by atoms with van der Waals surface area (Å²) in [6, 6.07) is 5.96. The van der Waals surface area contributed by atoms with Gasteiger partial charge in [-0.3, -0.25) is 9.59 Å². The third kappa shape index (κ3) is 4.65. The van der Waals surface area contributed by atoms with Crippen LogP contribution in [-0.4, -0.2) is 30.9 Å². The lowest BCUT2D eigenvalue weighted by Crippen LogP contribution is -2.20. The molecule has 1 amide bonds. The number of nitrogens with two attached hydrogens (primary N) is 1. The number of esters is 1. The Kier molecular flexibility index (Phi) is 4.86. The first-order valence-electron chi connectivity index (χ1n) is 5.17. The highest BCUT2D eigenvalue weighted by molar-refractivity contribution is 5.91. The number of carbonyl (C=O) groups excluding carboxylic acids is 3. The van der Waals surface area contributed by atoms with Gasteiger partial charge in [0.2, 0.25) is 0 Å². The Balaban J connectivity index is 2.56. The van der Waals surface area contributed by atoms with E-state index in [1.54, 1.807) is 0 Å². The maximum Gasteiger partial charge on any atom is 0.338 e. The van der Waals surface area contributed by atoms with Crippen LogP contribution in [0.1, 0.15) is 17.3 Å². The molecule has 1 aromatic rings. The fourth-order valence-corrected chi connectivity index (χ4v) is 1.09. The minimum atomic E-state index is -0.591. The lowest BCUT2D eigenvalue weighted by molar-refractivity contribution is -0.120. The summed E-state index contributed by atoms with van der Waals surface area (Å²) in [4.78, 5) is 32.6. The highest BCUT2D eigenvalue weighted by Gasteiger charge is 2.08. The topological polar surface area (TPSA) is 95.7 Å². The first-order chi connectivity index (χ1) is 8.49. The lowest BCUT2D eigenvalue weighted by Gasteiger charge is -2.05. The Morgan fingerprint density at radius 3 is 2.22 bits per heavy atom. The minimum Gasteiger partial charge on any atom is -0.484 e. The number of benzene rings is 1. The van der Waals surface area contributed by atoms with Crippen molar-refractivity contribution in [3.63, 3.8) is 0 Å². The molecular formula is C12H13NO5. The molecule has 0 saturated heterocycles. The zero-order valence-electron chi connectivity index (χ0n) is 9.84. The Morgan fingerprint density at radius 1 is 1.11 bits per heavy atom. The molecule has 1 rings (SSSR count). The minimum absolute atomic E-state index is 0.228. The molecule has 0 spiro atoms. The van der Waals surface area contributed by atoms with Gasteiger partial charge in [-0.25, -0.2) is 4.79 Å². The third-order valence-corrected chi connectivity index (χ3v) is 1.88. The first kappa shape index (κ1) is 13.7. The van der Waals surface area contributed by atoms with Gasteiger partial charge < -0.3 is 15.2 Å². The van der Waals surface area contributed by atoms with Gasteiger partial charge >= 0.3 is 5.97 Å². The molecule has 0 aliphatic rings. The van der Waals surface area contributed by atoms with Crippen molar-refractivity contribution >= 4 is 17.7 Å². The van der Waals surface area contributed by atoms with E-state index < -0.39 is 11.9 Å². The van der Waals surface area contributed by atoms with Crippen molar-refractivity contribution in [3.05, 3.63) is 29.8 Å². The molecule has 0 aromatic heterocycles. The molecule has 96 valence electrons. The van der Waals surface area contributed by atoms with Crippen LogP contribution >= 0.6 is 0 Å². The van der Waals surface area contributed by atoms with Crippen molar-refractivity contribution in [2.24, 2.45) is 5.73 Å². The molecule has 0 saturated carbocycles. The average Bonchev–Trinajstić information content (AvgIpc) is 2.34. The quantitative estimate of drug-likeness (QED) is 0.733. The number of ketones is 1. The van der Waals surface area contributed by atoms with Gasteiger partial charge in [0.05, 0.1) is 5.56 Å². The molecule has 0 aliphatic heterocycles. The summed E-state index contributed by atoms with van der Waals surface area (Å²) in [5.74, 6) is -0.992. The Hall–Kier alpha value is -2.37. The molecule has 0 bridgehead atoms.